The van der Waals surface area contributed by atoms with Crippen molar-refractivity contribution in [2.24, 2.45) is 5.92 Å². The quantitative estimate of drug-likeness (QED) is 0.739. The normalized spacial score (nSPS) is 12.3. The second kappa shape index (κ2) is 6.23. The Hall–Kier alpha value is -1.28. The van der Waals surface area contributed by atoms with Crippen LogP contribution in [-0.2, 0) is 11.0 Å². The molecule has 0 bridgehead atoms. The maximum Gasteiger partial charge on any atom is 0.191 e. The largest absolute Gasteiger partial charge is 0.462 e. The van der Waals surface area contributed by atoms with Gasteiger partial charge in [-0.25, -0.2) is 4.98 Å². The molecule has 0 spiro atoms. The minimum atomic E-state index is -2.41. The number of aromatic nitrogens is 1. The Labute approximate surface area is 126 Å². The van der Waals surface area contributed by atoms with Crippen molar-refractivity contribution in [1.82, 2.24) is 4.98 Å². The first-order valence-corrected chi connectivity index (χ1v) is 9.61. The number of oxazole rings is 1. The van der Waals surface area contributed by atoms with Gasteiger partial charge in [-0.15, -0.1) is 0 Å². The highest BCUT2D eigenvalue weighted by Crippen LogP contribution is 2.46. The van der Waals surface area contributed by atoms with Gasteiger partial charge in [0.1, 0.15) is 18.6 Å². The van der Waals surface area contributed by atoms with Crippen LogP contribution in [0.15, 0.2) is 21.2 Å². The van der Waals surface area contributed by atoms with Crippen LogP contribution in [0.2, 0.25) is 0 Å². The van der Waals surface area contributed by atoms with E-state index in [4.69, 9.17) is 8.83 Å². The fourth-order valence-corrected chi connectivity index (χ4v) is 4.51. The van der Waals surface area contributed by atoms with E-state index in [9.17, 15) is 4.57 Å². The van der Waals surface area contributed by atoms with Crippen molar-refractivity contribution in [3.8, 4) is 11.5 Å². The van der Waals surface area contributed by atoms with E-state index in [1.54, 1.807) is 6.26 Å². The average molecular weight is 309 g/mol. The van der Waals surface area contributed by atoms with Gasteiger partial charge < -0.3 is 13.4 Å². The molecule has 2 rings (SSSR count). The summed E-state index contributed by atoms with van der Waals surface area (Å²) in [7, 11) is -2.41. The Kier molecular flexibility index (Phi) is 4.77. The van der Waals surface area contributed by atoms with Gasteiger partial charge in [0.05, 0.1) is 11.6 Å². The molecule has 0 fully saturated rings. The molecule has 0 saturated heterocycles. The maximum atomic E-state index is 13.0. The Morgan fingerprint density at radius 3 is 2.52 bits per heavy atom. The molecule has 0 aliphatic carbocycles. The first-order chi connectivity index (χ1) is 9.91. The van der Waals surface area contributed by atoms with E-state index < -0.39 is 7.14 Å². The van der Waals surface area contributed by atoms with Gasteiger partial charge in [-0.3, -0.25) is 0 Å². The van der Waals surface area contributed by atoms with Crippen molar-refractivity contribution < 1.29 is 13.4 Å². The molecule has 21 heavy (non-hydrogen) atoms. The molecule has 4 nitrogen and oxygen atoms in total. The van der Waals surface area contributed by atoms with E-state index in [1.807, 2.05) is 26.8 Å². The molecule has 0 saturated carbocycles. The Morgan fingerprint density at radius 2 is 1.95 bits per heavy atom. The molecular formula is C16H24NO3P. The molecule has 0 amide bonds. The van der Waals surface area contributed by atoms with Crippen molar-refractivity contribution in [2.45, 2.75) is 41.0 Å². The second-order valence-corrected chi connectivity index (χ2v) is 9.28. The van der Waals surface area contributed by atoms with Gasteiger partial charge in [0.15, 0.2) is 11.7 Å². The summed E-state index contributed by atoms with van der Waals surface area (Å²) in [6.07, 6.45) is 3.66. The van der Waals surface area contributed by atoms with E-state index in [2.05, 4.69) is 18.8 Å². The lowest BCUT2D eigenvalue weighted by Crippen LogP contribution is -2.10. The monoisotopic (exact) mass is 309 g/mol. The SMILES string of the molecule is CCP(=O)(CC)c1ccoc1-c1nc(C)oc1CC(C)C. The first-order valence-electron chi connectivity index (χ1n) is 7.54. The van der Waals surface area contributed by atoms with Crippen molar-refractivity contribution in [3.63, 3.8) is 0 Å². The van der Waals surface area contributed by atoms with Crippen LogP contribution in [0.25, 0.3) is 11.5 Å². The standard InChI is InChI=1S/C16H24NO3P/c1-6-21(18,7-2)14-8-9-19-16(14)15-13(10-11(3)4)20-12(5)17-15/h8-9,11H,6-7,10H2,1-5H3. The highest BCUT2D eigenvalue weighted by atomic mass is 31.2. The summed E-state index contributed by atoms with van der Waals surface area (Å²) in [5, 5.41) is 0.797. The third-order valence-corrected chi connectivity index (χ3v) is 6.99. The Bertz CT molecular complexity index is 646. The van der Waals surface area contributed by atoms with Gasteiger partial charge in [0.25, 0.3) is 0 Å². The predicted molar refractivity (Wildman–Crippen MR) is 85.8 cm³/mol. The number of hydrogen-bond donors (Lipinski definition) is 0. The zero-order chi connectivity index (χ0) is 15.6. The Balaban J connectivity index is 2.54. The van der Waals surface area contributed by atoms with Crippen LogP contribution in [0.5, 0.6) is 0 Å². The molecule has 0 aromatic carbocycles. The summed E-state index contributed by atoms with van der Waals surface area (Å²) >= 11 is 0. The third-order valence-electron chi connectivity index (χ3n) is 3.72. The first kappa shape index (κ1) is 16.1. The van der Waals surface area contributed by atoms with Crippen molar-refractivity contribution in [2.75, 3.05) is 12.3 Å². The number of hydrogen-bond acceptors (Lipinski definition) is 4. The lowest BCUT2D eigenvalue weighted by atomic mass is 10.1. The van der Waals surface area contributed by atoms with Gasteiger partial charge in [-0.2, -0.15) is 0 Å². The molecule has 2 heterocycles. The lowest BCUT2D eigenvalue weighted by Gasteiger charge is -2.13. The van der Waals surface area contributed by atoms with E-state index >= 15 is 0 Å². The number of furan rings is 1. The smallest absolute Gasteiger partial charge is 0.191 e. The summed E-state index contributed by atoms with van der Waals surface area (Å²) in [6.45, 7) is 10.0. The minimum Gasteiger partial charge on any atom is -0.462 e. The van der Waals surface area contributed by atoms with Crippen LogP contribution in [0.3, 0.4) is 0 Å². The summed E-state index contributed by atoms with van der Waals surface area (Å²) in [5.41, 5.74) is 0.711. The molecule has 0 N–H and O–H groups in total. The molecule has 5 heteroatoms. The zero-order valence-electron chi connectivity index (χ0n) is 13.5. The average Bonchev–Trinajstić information content (AvgIpc) is 3.04. The minimum absolute atomic E-state index is 0.457. The fourth-order valence-electron chi connectivity index (χ4n) is 2.52. The van der Waals surface area contributed by atoms with E-state index in [0.717, 1.165) is 17.5 Å². The van der Waals surface area contributed by atoms with E-state index in [-0.39, 0.29) is 0 Å². The van der Waals surface area contributed by atoms with Crippen LogP contribution in [0.4, 0.5) is 0 Å². The topological polar surface area (TPSA) is 56.2 Å². The molecule has 116 valence electrons. The van der Waals surface area contributed by atoms with Crippen LogP contribution in [0, 0.1) is 12.8 Å². The van der Waals surface area contributed by atoms with Crippen LogP contribution in [-0.4, -0.2) is 17.3 Å². The molecule has 0 atom stereocenters. The fraction of sp³-hybridized carbons (Fsp3) is 0.562. The molecule has 2 aromatic rings. The molecule has 2 aromatic heterocycles. The highest BCUT2D eigenvalue weighted by molar-refractivity contribution is 7.71. The lowest BCUT2D eigenvalue weighted by molar-refractivity contribution is 0.447. The van der Waals surface area contributed by atoms with E-state index in [0.29, 0.717) is 35.6 Å². The van der Waals surface area contributed by atoms with Crippen molar-refractivity contribution in [3.05, 3.63) is 24.0 Å². The summed E-state index contributed by atoms with van der Waals surface area (Å²) < 4.78 is 24.4. The summed E-state index contributed by atoms with van der Waals surface area (Å²) in [6, 6.07) is 1.83. The highest BCUT2D eigenvalue weighted by Gasteiger charge is 2.29. The van der Waals surface area contributed by atoms with Crippen LogP contribution in [0.1, 0.15) is 39.3 Å². The second-order valence-electron chi connectivity index (χ2n) is 5.76. The number of aryl methyl sites for hydroxylation is 1. The molecule has 0 aliphatic heterocycles. The predicted octanol–water partition coefficient (Wildman–Crippen LogP) is 4.47. The summed E-state index contributed by atoms with van der Waals surface area (Å²) in [5.74, 6) is 2.51. The van der Waals surface area contributed by atoms with Gasteiger partial charge in [-0.1, -0.05) is 27.7 Å². The van der Waals surface area contributed by atoms with Gasteiger partial charge in [0.2, 0.25) is 0 Å². The molecule has 0 radical (unpaired) electrons. The van der Waals surface area contributed by atoms with Crippen molar-refractivity contribution in [1.29, 1.82) is 0 Å². The maximum absolute atomic E-state index is 13.0. The van der Waals surface area contributed by atoms with Crippen LogP contribution >= 0.6 is 7.14 Å². The van der Waals surface area contributed by atoms with Gasteiger partial charge in [-0.05, 0) is 12.0 Å². The molecule has 0 aliphatic rings. The van der Waals surface area contributed by atoms with E-state index in [1.165, 1.54) is 0 Å². The summed E-state index contributed by atoms with van der Waals surface area (Å²) in [4.78, 5) is 4.47. The van der Waals surface area contributed by atoms with Crippen molar-refractivity contribution >= 4 is 12.4 Å². The van der Waals surface area contributed by atoms with Gasteiger partial charge >= 0.3 is 0 Å². The molecular weight excluding hydrogens is 285 g/mol. The van der Waals surface area contributed by atoms with Gasteiger partial charge in [0, 0.05) is 25.7 Å². The Morgan fingerprint density at radius 1 is 1.29 bits per heavy atom. The third kappa shape index (κ3) is 3.16. The molecule has 0 unspecified atom stereocenters. The number of rotatable bonds is 6. The number of nitrogens with zero attached hydrogens (tertiary/aromatic N) is 1. The zero-order valence-corrected chi connectivity index (χ0v) is 14.4. The van der Waals surface area contributed by atoms with Crippen LogP contribution < -0.4 is 5.30 Å².